The van der Waals surface area contributed by atoms with Gasteiger partial charge in [0, 0.05) is 20.0 Å². The van der Waals surface area contributed by atoms with Crippen LogP contribution in [0.2, 0.25) is 0 Å². The lowest BCUT2D eigenvalue weighted by Gasteiger charge is -2.23. The van der Waals surface area contributed by atoms with Crippen LogP contribution in [0.5, 0.6) is 0 Å². The summed E-state index contributed by atoms with van der Waals surface area (Å²) in [4.78, 5) is 13.6. The highest BCUT2D eigenvalue weighted by molar-refractivity contribution is 5.76. The van der Waals surface area contributed by atoms with Crippen molar-refractivity contribution >= 4 is 5.91 Å². The van der Waals surface area contributed by atoms with E-state index in [2.05, 4.69) is 6.07 Å². The van der Waals surface area contributed by atoms with E-state index >= 15 is 0 Å². The number of nitrogens with zero attached hydrogens (tertiary/aromatic N) is 2. The number of hydrogen-bond acceptors (Lipinski definition) is 2. The quantitative estimate of drug-likeness (QED) is 0.729. The van der Waals surface area contributed by atoms with E-state index in [1.54, 1.807) is 4.90 Å². The van der Waals surface area contributed by atoms with Crippen LogP contribution in [0.4, 0.5) is 0 Å². The van der Waals surface area contributed by atoms with E-state index in [9.17, 15) is 4.79 Å². The first-order valence-corrected chi connectivity index (χ1v) is 6.31. The zero-order valence-electron chi connectivity index (χ0n) is 9.98. The summed E-state index contributed by atoms with van der Waals surface area (Å²) in [6.45, 7) is 0.580. The van der Waals surface area contributed by atoms with Gasteiger partial charge in [-0.1, -0.05) is 6.42 Å². The van der Waals surface area contributed by atoms with E-state index in [1.807, 2.05) is 7.05 Å². The van der Waals surface area contributed by atoms with E-state index in [1.165, 1.54) is 25.7 Å². The molecule has 0 heterocycles. The molecule has 2 fully saturated rings. The fraction of sp³-hybridized carbons (Fsp3) is 0.846. The van der Waals surface area contributed by atoms with Crippen LogP contribution >= 0.6 is 0 Å². The molecule has 0 aromatic rings. The first-order chi connectivity index (χ1) is 7.70. The molecule has 2 bridgehead atoms. The lowest BCUT2D eigenvalue weighted by molar-refractivity contribution is -0.131. The molecule has 2 aliphatic rings. The third-order valence-electron chi connectivity index (χ3n) is 4.31. The molecule has 1 amide bonds. The molecule has 0 N–H and O–H groups in total. The van der Waals surface area contributed by atoms with Gasteiger partial charge in [-0.3, -0.25) is 4.79 Å². The summed E-state index contributed by atoms with van der Waals surface area (Å²) < 4.78 is 0. The third kappa shape index (κ3) is 2.37. The SMILES string of the molecule is CN(CCC#N)C(=O)CC1CC2CCC1C2. The molecule has 0 saturated heterocycles. The monoisotopic (exact) mass is 220 g/mol. The Kier molecular flexibility index (Phi) is 3.48. The zero-order chi connectivity index (χ0) is 11.5. The molecule has 3 unspecified atom stereocenters. The Labute approximate surface area is 97.4 Å². The molecule has 3 atom stereocenters. The van der Waals surface area contributed by atoms with Gasteiger partial charge in [0.25, 0.3) is 0 Å². The predicted molar refractivity (Wildman–Crippen MR) is 61.4 cm³/mol. The summed E-state index contributed by atoms with van der Waals surface area (Å²) in [7, 11) is 1.81. The zero-order valence-corrected chi connectivity index (χ0v) is 9.98. The van der Waals surface area contributed by atoms with Crippen molar-refractivity contribution < 1.29 is 4.79 Å². The Morgan fingerprint density at radius 2 is 2.25 bits per heavy atom. The highest BCUT2D eigenvalue weighted by Crippen LogP contribution is 2.49. The normalized spacial score (nSPS) is 31.4. The first-order valence-electron chi connectivity index (χ1n) is 6.31. The van der Waals surface area contributed by atoms with E-state index < -0.39 is 0 Å². The predicted octanol–water partition coefficient (Wildman–Crippen LogP) is 2.18. The van der Waals surface area contributed by atoms with Crippen LogP contribution < -0.4 is 0 Å². The summed E-state index contributed by atoms with van der Waals surface area (Å²) >= 11 is 0. The van der Waals surface area contributed by atoms with Crippen LogP contribution in [0.25, 0.3) is 0 Å². The van der Waals surface area contributed by atoms with Crippen molar-refractivity contribution in [1.29, 1.82) is 5.26 Å². The van der Waals surface area contributed by atoms with Crippen LogP contribution in [-0.2, 0) is 4.79 Å². The Morgan fingerprint density at radius 3 is 2.81 bits per heavy atom. The second kappa shape index (κ2) is 4.86. The Bertz CT molecular complexity index is 308. The van der Waals surface area contributed by atoms with Crippen LogP contribution in [0.3, 0.4) is 0 Å². The maximum Gasteiger partial charge on any atom is 0.222 e. The molecule has 3 nitrogen and oxygen atoms in total. The van der Waals surface area contributed by atoms with Crippen molar-refractivity contribution in [2.45, 2.75) is 38.5 Å². The topological polar surface area (TPSA) is 44.1 Å². The fourth-order valence-corrected chi connectivity index (χ4v) is 3.35. The minimum absolute atomic E-state index is 0.229. The van der Waals surface area contributed by atoms with Gasteiger partial charge >= 0.3 is 0 Å². The summed E-state index contributed by atoms with van der Waals surface area (Å²) in [5, 5.41) is 8.48. The van der Waals surface area contributed by atoms with Gasteiger partial charge in [0.2, 0.25) is 5.91 Å². The van der Waals surface area contributed by atoms with Crippen molar-refractivity contribution in [1.82, 2.24) is 4.90 Å². The molecule has 16 heavy (non-hydrogen) atoms. The lowest BCUT2D eigenvalue weighted by Crippen LogP contribution is -2.30. The number of hydrogen-bond donors (Lipinski definition) is 0. The highest BCUT2D eigenvalue weighted by atomic mass is 16.2. The second-order valence-electron chi connectivity index (χ2n) is 5.36. The largest absolute Gasteiger partial charge is 0.345 e. The third-order valence-corrected chi connectivity index (χ3v) is 4.31. The summed E-state index contributed by atoms with van der Waals surface area (Å²) in [5.74, 6) is 2.59. The molecule has 3 heteroatoms. The highest BCUT2D eigenvalue weighted by Gasteiger charge is 2.40. The smallest absolute Gasteiger partial charge is 0.222 e. The van der Waals surface area contributed by atoms with Gasteiger partial charge in [0.1, 0.15) is 0 Å². The summed E-state index contributed by atoms with van der Waals surface area (Å²) in [6.07, 6.45) is 6.51. The van der Waals surface area contributed by atoms with Crippen LogP contribution in [-0.4, -0.2) is 24.4 Å². The second-order valence-corrected chi connectivity index (χ2v) is 5.36. The molecule has 0 aromatic heterocycles. The fourth-order valence-electron chi connectivity index (χ4n) is 3.35. The molecule has 0 aromatic carbocycles. The van der Waals surface area contributed by atoms with Crippen molar-refractivity contribution in [3.05, 3.63) is 0 Å². The minimum Gasteiger partial charge on any atom is -0.345 e. The maximum absolute atomic E-state index is 11.9. The van der Waals surface area contributed by atoms with Crippen molar-refractivity contribution in [2.24, 2.45) is 17.8 Å². The van der Waals surface area contributed by atoms with E-state index in [-0.39, 0.29) is 5.91 Å². The molecule has 0 aliphatic heterocycles. The average molecular weight is 220 g/mol. The van der Waals surface area contributed by atoms with Gasteiger partial charge in [-0.2, -0.15) is 5.26 Å². The van der Waals surface area contributed by atoms with Gasteiger partial charge in [-0.25, -0.2) is 0 Å². The molecular formula is C13H20N2O. The number of rotatable bonds is 4. The minimum atomic E-state index is 0.229. The number of amides is 1. The van der Waals surface area contributed by atoms with Gasteiger partial charge in [-0.05, 0) is 37.0 Å². The molecular weight excluding hydrogens is 200 g/mol. The molecule has 0 radical (unpaired) electrons. The Balaban J connectivity index is 1.77. The van der Waals surface area contributed by atoms with Crippen molar-refractivity contribution in [3.63, 3.8) is 0 Å². The van der Waals surface area contributed by atoms with Gasteiger partial charge in [0.05, 0.1) is 12.5 Å². The summed E-state index contributed by atoms with van der Waals surface area (Å²) in [5.41, 5.74) is 0. The maximum atomic E-state index is 11.9. The van der Waals surface area contributed by atoms with Gasteiger partial charge in [0.15, 0.2) is 0 Å². The van der Waals surface area contributed by atoms with E-state index in [4.69, 9.17) is 5.26 Å². The van der Waals surface area contributed by atoms with E-state index in [0.29, 0.717) is 25.3 Å². The van der Waals surface area contributed by atoms with Crippen LogP contribution in [0, 0.1) is 29.1 Å². The standard InChI is InChI=1S/C13H20N2O/c1-15(6-2-5-14)13(16)9-12-8-10-3-4-11(12)7-10/h10-12H,2-4,6-9H2,1H3. The van der Waals surface area contributed by atoms with E-state index in [0.717, 1.165) is 11.8 Å². The average Bonchev–Trinajstić information content (AvgIpc) is 2.87. The Hall–Kier alpha value is -1.04. The van der Waals surface area contributed by atoms with Crippen molar-refractivity contribution in [3.8, 4) is 6.07 Å². The number of fused-ring (bicyclic) bond motifs is 2. The summed E-state index contributed by atoms with van der Waals surface area (Å²) in [6, 6.07) is 2.08. The molecule has 2 rings (SSSR count). The lowest BCUT2D eigenvalue weighted by atomic mass is 9.86. The number of carbonyl (C=O) groups is 1. The van der Waals surface area contributed by atoms with Crippen LogP contribution in [0.1, 0.15) is 38.5 Å². The van der Waals surface area contributed by atoms with Gasteiger partial charge in [-0.15, -0.1) is 0 Å². The molecule has 2 aliphatic carbocycles. The number of nitriles is 1. The van der Waals surface area contributed by atoms with Crippen LogP contribution in [0.15, 0.2) is 0 Å². The van der Waals surface area contributed by atoms with Crippen molar-refractivity contribution in [2.75, 3.05) is 13.6 Å². The molecule has 0 spiro atoms. The Morgan fingerprint density at radius 1 is 1.44 bits per heavy atom. The molecule has 88 valence electrons. The number of carbonyl (C=O) groups excluding carboxylic acids is 1. The first kappa shape index (κ1) is 11.4. The van der Waals surface area contributed by atoms with Gasteiger partial charge < -0.3 is 4.90 Å². The molecule has 2 saturated carbocycles.